The zero-order valence-corrected chi connectivity index (χ0v) is 11.6. The van der Waals surface area contributed by atoms with Crippen molar-refractivity contribution in [1.29, 1.82) is 0 Å². The summed E-state index contributed by atoms with van der Waals surface area (Å²) in [7, 11) is 0. The summed E-state index contributed by atoms with van der Waals surface area (Å²) in [5.74, 6) is -0.477. The molecule has 110 valence electrons. The number of amides is 2. The third kappa shape index (κ3) is 6.42. The molecule has 1 rings (SSSR count). The van der Waals surface area contributed by atoms with Gasteiger partial charge in [-0.3, -0.25) is 4.79 Å². The van der Waals surface area contributed by atoms with E-state index in [1.165, 1.54) is 0 Å². The number of carbonyl (C=O) groups excluding carboxylic acids is 1. The van der Waals surface area contributed by atoms with Gasteiger partial charge in [-0.25, -0.2) is 4.79 Å². The zero-order valence-electron chi connectivity index (χ0n) is 11.6. The molecule has 0 aromatic carbocycles. The molecule has 6 heteroatoms. The van der Waals surface area contributed by atoms with Crippen molar-refractivity contribution in [3.8, 4) is 0 Å². The predicted molar refractivity (Wildman–Crippen MR) is 71.0 cm³/mol. The minimum absolute atomic E-state index is 0.0190. The van der Waals surface area contributed by atoms with Crippen molar-refractivity contribution >= 4 is 12.0 Å². The van der Waals surface area contributed by atoms with Crippen LogP contribution in [0, 0.1) is 5.92 Å². The molecule has 0 radical (unpaired) electrons. The molecule has 0 spiro atoms. The lowest BCUT2D eigenvalue weighted by molar-refractivity contribution is -0.137. The molecule has 1 aliphatic rings. The van der Waals surface area contributed by atoms with Gasteiger partial charge in [-0.05, 0) is 32.1 Å². The Bertz CT molecular complexity index is 309. The van der Waals surface area contributed by atoms with Crippen LogP contribution in [-0.4, -0.2) is 42.4 Å². The Hall–Kier alpha value is -1.30. The summed E-state index contributed by atoms with van der Waals surface area (Å²) < 4.78 is 5.32. The van der Waals surface area contributed by atoms with Crippen molar-refractivity contribution in [1.82, 2.24) is 10.6 Å². The van der Waals surface area contributed by atoms with E-state index in [1.54, 1.807) is 0 Å². The molecular weight excluding hydrogens is 248 g/mol. The standard InChI is InChI=1S/C13H24N2O4/c1-9-8-19-7-6-11(9)15-13(18)14-10(2)4-3-5-12(16)17/h9-11H,3-8H2,1-2H3,(H,16,17)(H2,14,15,18). The molecular formula is C13H24N2O4. The number of hydrogen-bond donors (Lipinski definition) is 3. The lowest BCUT2D eigenvalue weighted by Crippen LogP contribution is -2.50. The number of ether oxygens (including phenoxy) is 1. The lowest BCUT2D eigenvalue weighted by Gasteiger charge is -2.30. The molecule has 0 aliphatic carbocycles. The van der Waals surface area contributed by atoms with Crippen molar-refractivity contribution in [2.24, 2.45) is 5.92 Å². The molecule has 2 amide bonds. The molecule has 1 saturated heterocycles. The summed E-state index contributed by atoms with van der Waals surface area (Å²) >= 11 is 0. The van der Waals surface area contributed by atoms with Gasteiger partial charge in [0, 0.05) is 25.1 Å². The van der Waals surface area contributed by atoms with Crippen LogP contribution in [0.25, 0.3) is 0 Å². The summed E-state index contributed by atoms with van der Waals surface area (Å²) in [4.78, 5) is 22.2. The van der Waals surface area contributed by atoms with Gasteiger partial charge in [0.1, 0.15) is 0 Å². The molecule has 0 aromatic rings. The van der Waals surface area contributed by atoms with Gasteiger partial charge in [0.15, 0.2) is 0 Å². The topological polar surface area (TPSA) is 87.7 Å². The molecule has 3 unspecified atom stereocenters. The van der Waals surface area contributed by atoms with E-state index < -0.39 is 5.97 Å². The largest absolute Gasteiger partial charge is 0.481 e. The first-order valence-electron chi connectivity index (χ1n) is 6.85. The van der Waals surface area contributed by atoms with Crippen molar-refractivity contribution in [2.45, 2.75) is 51.6 Å². The molecule has 1 fully saturated rings. The van der Waals surface area contributed by atoms with Crippen LogP contribution in [0.15, 0.2) is 0 Å². The zero-order chi connectivity index (χ0) is 14.3. The van der Waals surface area contributed by atoms with Gasteiger partial charge >= 0.3 is 12.0 Å². The molecule has 6 nitrogen and oxygen atoms in total. The maximum atomic E-state index is 11.8. The second kappa shape index (κ2) is 7.99. The third-order valence-electron chi connectivity index (χ3n) is 3.36. The first-order valence-corrected chi connectivity index (χ1v) is 6.85. The fraction of sp³-hybridized carbons (Fsp3) is 0.846. The van der Waals surface area contributed by atoms with Crippen LogP contribution in [0.5, 0.6) is 0 Å². The molecule has 0 bridgehead atoms. The smallest absolute Gasteiger partial charge is 0.315 e. The van der Waals surface area contributed by atoms with E-state index in [2.05, 4.69) is 17.6 Å². The Morgan fingerprint density at radius 3 is 2.84 bits per heavy atom. The maximum Gasteiger partial charge on any atom is 0.315 e. The number of hydrogen-bond acceptors (Lipinski definition) is 3. The number of nitrogens with one attached hydrogen (secondary N) is 2. The van der Waals surface area contributed by atoms with Gasteiger partial charge < -0.3 is 20.5 Å². The molecule has 19 heavy (non-hydrogen) atoms. The number of rotatable bonds is 6. The van der Waals surface area contributed by atoms with Gasteiger partial charge in [0.05, 0.1) is 6.61 Å². The summed E-state index contributed by atoms with van der Waals surface area (Å²) in [6, 6.07) is -0.0453. The van der Waals surface area contributed by atoms with Gasteiger partial charge in [-0.15, -0.1) is 0 Å². The fourth-order valence-electron chi connectivity index (χ4n) is 2.16. The average molecular weight is 272 g/mol. The van der Waals surface area contributed by atoms with Crippen LogP contribution in [0.2, 0.25) is 0 Å². The van der Waals surface area contributed by atoms with Gasteiger partial charge in [0.25, 0.3) is 0 Å². The van der Waals surface area contributed by atoms with E-state index in [-0.39, 0.29) is 24.5 Å². The highest BCUT2D eigenvalue weighted by Crippen LogP contribution is 2.13. The molecule has 1 aliphatic heterocycles. The van der Waals surface area contributed by atoms with E-state index in [9.17, 15) is 9.59 Å². The second-order valence-electron chi connectivity index (χ2n) is 5.25. The number of carboxylic acid groups (broad SMARTS) is 1. The minimum Gasteiger partial charge on any atom is -0.481 e. The van der Waals surface area contributed by atoms with E-state index >= 15 is 0 Å². The molecule has 3 atom stereocenters. The van der Waals surface area contributed by atoms with E-state index in [4.69, 9.17) is 9.84 Å². The quantitative estimate of drug-likeness (QED) is 0.681. The van der Waals surface area contributed by atoms with Crippen molar-refractivity contribution < 1.29 is 19.4 Å². The van der Waals surface area contributed by atoms with Crippen LogP contribution in [-0.2, 0) is 9.53 Å². The predicted octanol–water partition coefficient (Wildman–Crippen LogP) is 1.35. The summed E-state index contributed by atoms with van der Waals surface area (Å²) in [6.07, 6.45) is 2.22. The maximum absolute atomic E-state index is 11.8. The van der Waals surface area contributed by atoms with Gasteiger partial charge in [-0.2, -0.15) is 0 Å². The normalized spacial score (nSPS) is 24.5. The SMILES string of the molecule is CC(CCCC(=O)O)NC(=O)NC1CCOCC1C. The Balaban J connectivity index is 2.20. The van der Waals surface area contributed by atoms with Crippen molar-refractivity contribution in [3.05, 3.63) is 0 Å². The minimum atomic E-state index is -0.798. The van der Waals surface area contributed by atoms with Crippen LogP contribution in [0.3, 0.4) is 0 Å². The Kier molecular flexibility index (Phi) is 6.62. The number of urea groups is 1. The van der Waals surface area contributed by atoms with Crippen LogP contribution in [0.4, 0.5) is 4.79 Å². The molecule has 1 heterocycles. The lowest BCUT2D eigenvalue weighted by atomic mass is 9.98. The Morgan fingerprint density at radius 2 is 2.21 bits per heavy atom. The monoisotopic (exact) mass is 272 g/mol. The Morgan fingerprint density at radius 1 is 1.47 bits per heavy atom. The summed E-state index contributed by atoms with van der Waals surface area (Å²) in [6.45, 7) is 5.30. The van der Waals surface area contributed by atoms with E-state index in [0.717, 1.165) is 6.42 Å². The van der Waals surface area contributed by atoms with E-state index in [1.807, 2.05) is 6.92 Å². The van der Waals surface area contributed by atoms with Crippen LogP contribution < -0.4 is 10.6 Å². The highest BCUT2D eigenvalue weighted by molar-refractivity contribution is 5.74. The van der Waals surface area contributed by atoms with Crippen molar-refractivity contribution in [2.75, 3.05) is 13.2 Å². The van der Waals surface area contributed by atoms with Crippen molar-refractivity contribution in [3.63, 3.8) is 0 Å². The molecule has 0 saturated carbocycles. The molecule has 3 N–H and O–H groups in total. The van der Waals surface area contributed by atoms with Crippen LogP contribution in [0.1, 0.15) is 39.5 Å². The average Bonchev–Trinajstić information content (AvgIpc) is 2.31. The number of aliphatic carboxylic acids is 1. The fourth-order valence-corrected chi connectivity index (χ4v) is 2.16. The summed E-state index contributed by atoms with van der Waals surface area (Å²) in [5.41, 5.74) is 0. The van der Waals surface area contributed by atoms with Gasteiger partial charge in [-0.1, -0.05) is 6.92 Å². The summed E-state index contributed by atoms with van der Waals surface area (Å²) in [5, 5.41) is 14.3. The second-order valence-corrected chi connectivity index (χ2v) is 5.25. The highest BCUT2D eigenvalue weighted by atomic mass is 16.5. The third-order valence-corrected chi connectivity index (χ3v) is 3.36. The Labute approximate surface area is 113 Å². The number of carbonyl (C=O) groups is 2. The molecule has 0 aromatic heterocycles. The van der Waals surface area contributed by atoms with Gasteiger partial charge in [0.2, 0.25) is 0 Å². The first-order chi connectivity index (χ1) is 8.99. The first kappa shape index (κ1) is 15.8. The number of carboxylic acids is 1. The highest BCUT2D eigenvalue weighted by Gasteiger charge is 2.23. The van der Waals surface area contributed by atoms with Crippen LogP contribution >= 0.6 is 0 Å². The van der Waals surface area contributed by atoms with E-state index in [0.29, 0.717) is 32.0 Å².